The van der Waals surface area contributed by atoms with Crippen LogP contribution in [0.4, 0.5) is 0 Å². The Labute approximate surface area is 158 Å². The summed E-state index contributed by atoms with van der Waals surface area (Å²) in [6.07, 6.45) is 2.76. The maximum atomic E-state index is 12.9. The van der Waals surface area contributed by atoms with Crippen molar-refractivity contribution in [3.05, 3.63) is 65.2 Å². The molecule has 1 heterocycles. The van der Waals surface area contributed by atoms with Crippen LogP contribution in [0.5, 0.6) is 0 Å². The number of carbonyl (C=O) groups is 2. The van der Waals surface area contributed by atoms with Crippen LogP contribution in [0.3, 0.4) is 0 Å². The van der Waals surface area contributed by atoms with Crippen molar-refractivity contribution < 1.29 is 18.0 Å². The second-order valence-electron chi connectivity index (χ2n) is 6.92. The van der Waals surface area contributed by atoms with Crippen molar-refractivity contribution >= 4 is 21.8 Å². The average molecular weight is 384 g/mol. The maximum Gasteiger partial charge on any atom is 0.269 e. The van der Waals surface area contributed by atoms with Gasteiger partial charge in [-0.1, -0.05) is 36.4 Å². The normalized spacial score (nSPS) is 20.1. The summed E-state index contributed by atoms with van der Waals surface area (Å²) in [7, 11) is -2.30. The van der Waals surface area contributed by atoms with E-state index in [0.717, 1.165) is 24.8 Å². The molecule has 4 rings (SSSR count). The van der Waals surface area contributed by atoms with E-state index in [0.29, 0.717) is 4.31 Å². The molecule has 2 aromatic carbocycles. The summed E-state index contributed by atoms with van der Waals surface area (Å²) in [6, 6.07) is 13.9. The van der Waals surface area contributed by atoms with Gasteiger partial charge in [0.15, 0.2) is 0 Å². The molecule has 1 aliphatic heterocycles. The van der Waals surface area contributed by atoms with E-state index in [1.807, 2.05) is 18.2 Å². The predicted molar refractivity (Wildman–Crippen MR) is 99.6 cm³/mol. The molecule has 7 heteroatoms. The fourth-order valence-electron chi connectivity index (χ4n) is 3.93. The summed E-state index contributed by atoms with van der Waals surface area (Å²) in [6.45, 7) is -0.481. The zero-order valence-corrected chi connectivity index (χ0v) is 15.8. The maximum absolute atomic E-state index is 12.9. The zero-order valence-electron chi connectivity index (χ0n) is 15.0. The summed E-state index contributed by atoms with van der Waals surface area (Å²) in [5.74, 6) is -1.03. The van der Waals surface area contributed by atoms with E-state index in [-0.39, 0.29) is 22.4 Å². The van der Waals surface area contributed by atoms with Crippen molar-refractivity contribution in [2.24, 2.45) is 0 Å². The van der Waals surface area contributed by atoms with Crippen LogP contribution in [-0.2, 0) is 21.2 Å². The van der Waals surface area contributed by atoms with Crippen LogP contribution < -0.4 is 0 Å². The Morgan fingerprint density at radius 3 is 2.63 bits per heavy atom. The van der Waals surface area contributed by atoms with Gasteiger partial charge >= 0.3 is 0 Å². The number of amides is 2. The molecule has 0 bridgehead atoms. The molecule has 1 atom stereocenters. The number of hydrogen-bond donors (Lipinski definition) is 0. The third-order valence-corrected chi connectivity index (χ3v) is 7.18. The van der Waals surface area contributed by atoms with Crippen LogP contribution in [0.25, 0.3) is 0 Å². The van der Waals surface area contributed by atoms with Crippen molar-refractivity contribution in [1.29, 1.82) is 0 Å². The van der Waals surface area contributed by atoms with Gasteiger partial charge in [-0.05, 0) is 42.5 Å². The van der Waals surface area contributed by atoms with Crippen molar-refractivity contribution in [3.63, 3.8) is 0 Å². The molecule has 0 spiro atoms. The molecule has 140 valence electrons. The average Bonchev–Trinajstić information content (AvgIpc) is 2.88. The summed E-state index contributed by atoms with van der Waals surface area (Å²) < 4.78 is 26.0. The van der Waals surface area contributed by atoms with E-state index in [2.05, 4.69) is 6.07 Å². The van der Waals surface area contributed by atoms with Gasteiger partial charge in [0.2, 0.25) is 5.91 Å². The monoisotopic (exact) mass is 384 g/mol. The fraction of sp³-hybridized carbons (Fsp3) is 0.300. The highest BCUT2D eigenvalue weighted by Crippen LogP contribution is 2.34. The Kier molecular flexibility index (Phi) is 4.26. The predicted octanol–water partition coefficient (Wildman–Crippen LogP) is 2.37. The molecule has 6 nitrogen and oxygen atoms in total. The van der Waals surface area contributed by atoms with Gasteiger partial charge in [-0.25, -0.2) is 12.7 Å². The van der Waals surface area contributed by atoms with Crippen molar-refractivity contribution in [3.8, 4) is 0 Å². The van der Waals surface area contributed by atoms with Crippen LogP contribution in [0.1, 0.15) is 40.4 Å². The van der Waals surface area contributed by atoms with Gasteiger partial charge in [-0.2, -0.15) is 0 Å². The third-order valence-electron chi connectivity index (χ3n) is 5.39. The minimum Gasteiger partial charge on any atom is -0.337 e. The van der Waals surface area contributed by atoms with Crippen LogP contribution in [0.2, 0.25) is 0 Å². The number of nitrogens with zero attached hydrogens (tertiary/aromatic N) is 2. The van der Waals surface area contributed by atoms with E-state index in [1.54, 1.807) is 24.1 Å². The fourth-order valence-corrected chi connectivity index (χ4v) is 5.44. The summed E-state index contributed by atoms with van der Waals surface area (Å²) in [5.41, 5.74) is 2.43. The van der Waals surface area contributed by atoms with Crippen LogP contribution in [0, 0.1) is 0 Å². The molecule has 0 saturated heterocycles. The van der Waals surface area contributed by atoms with E-state index in [9.17, 15) is 18.0 Å². The Morgan fingerprint density at radius 1 is 1.15 bits per heavy atom. The number of carbonyl (C=O) groups excluding carboxylic acids is 2. The molecule has 2 aliphatic rings. The highest BCUT2D eigenvalue weighted by atomic mass is 32.2. The number of aryl methyl sites for hydroxylation is 1. The quantitative estimate of drug-likeness (QED) is 0.814. The zero-order chi connectivity index (χ0) is 19.2. The van der Waals surface area contributed by atoms with Gasteiger partial charge in [-0.3, -0.25) is 9.59 Å². The first-order chi connectivity index (χ1) is 12.9. The minimum absolute atomic E-state index is 0.0338. The Bertz CT molecular complexity index is 1030. The molecule has 0 radical (unpaired) electrons. The molecular weight excluding hydrogens is 364 g/mol. The lowest BCUT2D eigenvalue weighted by Gasteiger charge is -2.34. The van der Waals surface area contributed by atoms with Gasteiger partial charge in [0, 0.05) is 7.05 Å². The lowest BCUT2D eigenvalue weighted by Crippen LogP contribution is -2.43. The second kappa shape index (κ2) is 6.49. The number of benzene rings is 2. The number of rotatable bonds is 3. The van der Waals surface area contributed by atoms with Gasteiger partial charge in [0.05, 0.1) is 11.6 Å². The number of hydrogen-bond acceptors (Lipinski definition) is 4. The molecule has 1 aliphatic carbocycles. The number of sulfonamides is 1. The first-order valence-corrected chi connectivity index (χ1v) is 10.3. The van der Waals surface area contributed by atoms with Crippen molar-refractivity contribution in [1.82, 2.24) is 9.21 Å². The Morgan fingerprint density at radius 2 is 1.85 bits per heavy atom. The summed E-state index contributed by atoms with van der Waals surface area (Å²) in [5, 5.41) is 0. The third kappa shape index (κ3) is 2.82. The van der Waals surface area contributed by atoms with E-state index in [4.69, 9.17) is 0 Å². The van der Waals surface area contributed by atoms with E-state index in [1.165, 1.54) is 17.7 Å². The first kappa shape index (κ1) is 17.7. The lowest BCUT2D eigenvalue weighted by molar-refractivity contribution is -0.132. The molecular formula is C20H20N2O4S. The number of fused-ring (bicyclic) bond motifs is 2. The SMILES string of the molecule is CN(C(=O)CN1C(=O)c2ccccc2S1(=O)=O)[C@H]1CCCc2ccccc21. The molecule has 0 unspecified atom stereocenters. The molecule has 2 amide bonds. The summed E-state index contributed by atoms with van der Waals surface area (Å²) >= 11 is 0. The van der Waals surface area contributed by atoms with E-state index < -0.39 is 22.5 Å². The topological polar surface area (TPSA) is 74.8 Å². The molecule has 0 saturated carbocycles. The smallest absolute Gasteiger partial charge is 0.269 e. The largest absolute Gasteiger partial charge is 0.337 e. The Hall–Kier alpha value is -2.67. The van der Waals surface area contributed by atoms with Gasteiger partial charge in [-0.15, -0.1) is 0 Å². The minimum atomic E-state index is -3.98. The van der Waals surface area contributed by atoms with E-state index >= 15 is 0 Å². The second-order valence-corrected chi connectivity index (χ2v) is 8.76. The highest BCUT2D eigenvalue weighted by molar-refractivity contribution is 7.90. The first-order valence-electron chi connectivity index (χ1n) is 8.91. The molecule has 0 aromatic heterocycles. The molecule has 2 aromatic rings. The lowest BCUT2D eigenvalue weighted by atomic mass is 9.87. The molecule has 0 N–H and O–H groups in total. The van der Waals surface area contributed by atoms with Gasteiger partial charge in [0.25, 0.3) is 15.9 Å². The van der Waals surface area contributed by atoms with Crippen LogP contribution >= 0.6 is 0 Å². The molecule has 27 heavy (non-hydrogen) atoms. The summed E-state index contributed by atoms with van der Waals surface area (Å²) in [4.78, 5) is 26.9. The van der Waals surface area contributed by atoms with Crippen molar-refractivity contribution in [2.45, 2.75) is 30.2 Å². The van der Waals surface area contributed by atoms with Gasteiger partial charge in [0.1, 0.15) is 11.4 Å². The number of likely N-dealkylation sites (N-methyl/N-ethyl adjacent to an activating group) is 1. The van der Waals surface area contributed by atoms with Gasteiger partial charge < -0.3 is 4.90 Å². The molecule has 0 fully saturated rings. The highest BCUT2D eigenvalue weighted by Gasteiger charge is 2.42. The standard InChI is InChI=1S/C20H20N2O4S/c1-21(17-11-6-8-14-7-2-3-9-15(14)17)19(23)13-22-20(24)16-10-4-5-12-18(16)27(22,25)26/h2-5,7,9-10,12,17H,6,8,11,13H2,1H3/t17-/m0/s1. The van der Waals surface area contributed by atoms with Crippen molar-refractivity contribution in [2.75, 3.05) is 13.6 Å². The van der Waals surface area contributed by atoms with Crippen LogP contribution in [-0.4, -0.2) is 43.0 Å². The Balaban J connectivity index is 1.58. The van der Waals surface area contributed by atoms with Crippen LogP contribution in [0.15, 0.2) is 53.4 Å².